The Labute approximate surface area is 70.5 Å². The lowest BCUT2D eigenvalue weighted by Crippen LogP contribution is -2.92. The van der Waals surface area contributed by atoms with Gasteiger partial charge < -0.3 is 25.6 Å². The summed E-state index contributed by atoms with van der Waals surface area (Å²) in [5.41, 5.74) is 1.93. The Bertz CT molecular complexity index is 93.8. The van der Waals surface area contributed by atoms with Crippen molar-refractivity contribution in [2.24, 2.45) is 0 Å². The van der Waals surface area contributed by atoms with Crippen LogP contribution in [0, 0.1) is 0 Å². The molecule has 0 aliphatic heterocycles. The van der Waals surface area contributed by atoms with Gasteiger partial charge >= 0.3 is 0 Å². The standard InChI is InChI=1S/C4H12N2O.CH2O3.H2O/c1-6(2)5-3-4-7;2-1(3)4;/h5,7H,3-4H2,1-2H3;(H2,2,3,4);1H2. The van der Waals surface area contributed by atoms with Gasteiger partial charge in [0.05, 0.1) is 6.61 Å². The van der Waals surface area contributed by atoms with Gasteiger partial charge in [-0.3, -0.25) is 5.43 Å². The zero-order valence-electron chi connectivity index (χ0n) is 7.15. The highest BCUT2D eigenvalue weighted by atomic mass is 16.6. The van der Waals surface area contributed by atoms with Crippen LogP contribution in [0.25, 0.3) is 0 Å². The highest BCUT2D eigenvalue weighted by molar-refractivity contribution is 5.50. The first-order valence-electron chi connectivity index (χ1n) is 3.01. The van der Waals surface area contributed by atoms with Crippen molar-refractivity contribution in [3.8, 4) is 0 Å². The smallest absolute Gasteiger partial charge is 0.249 e. The first-order valence-corrected chi connectivity index (χ1v) is 3.01. The van der Waals surface area contributed by atoms with E-state index >= 15 is 0 Å². The highest BCUT2D eigenvalue weighted by Crippen LogP contribution is 1.43. The zero-order valence-corrected chi connectivity index (χ0v) is 7.15. The van der Waals surface area contributed by atoms with Crippen molar-refractivity contribution >= 4 is 6.16 Å². The molecule has 0 saturated carbocycles. The molecule has 12 heavy (non-hydrogen) atoms. The van der Waals surface area contributed by atoms with E-state index in [9.17, 15) is 0 Å². The van der Waals surface area contributed by atoms with Crippen LogP contribution in [0.3, 0.4) is 0 Å². The average molecular weight is 184 g/mol. The van der Waals surface area contributed by atoms with Crippen LogP contribution in [0.15, 0.2) is 0 Å². The second kappa shape index (κ2) is 12.8. The van der Waals surface area contributed by atoms with Gasteiger partial charge in [0.25, 0.3) is 0 Å². The van der Waals surface area contributed by atoms with E-state index in [1.807, 2.05) is 24.5 Å². The molecule has 0 aromatic rings. The van der Waals surface area contributed by atoms with Gasteiger partial charge in [-0.2, -0.15) is 5.01 Å². The van der Waals surface area contributed by atoms with Crippen LogP contribution >= 0.6 is 0 Å². The Kier molecular flexibility index (Phi) is 18.4. The third-order valence-corrected chi connectivity index (χ3v) is 0.623. The minimum absolute atomic E-state index is 0. The number of carbonyl (C=O) groups is 1. The predicted molar refractivity (Wildman–Crippen MR) is 39.2 cm³/mol. The molecule has 0 unspecified atom stereocenters. The van der Waals surface area contributed by atoms with Crippen LogP contribution in [0.5, 0.6) is 0 Å². The van der Waals surface area contributed by atoms with Crippen LogP contribution < -0.4 is 10.5 Å². The number of aliphatic hydroxyl groups is 1. The van der Waals surface area contributed by atoms with Gasteiger partial charge in [-0.25, -0.2) is 0 Å². The number of carboxylic acid groups (broad SMARTS) is 2. The lowest BCUT2D eigenvalue weighted by atomic mass is 10.7. The number of nitrogens with two attached hydrogens (primary N) is 1. The summed E-state index contributed by atoms with van der Waals surface area (Å²) >= 11 is 0. The summed E-state index contributed by atoms with van der Waals surface area (Å²) < 4.78 is 0. The molecule has 0 fully saturated rings. The number of hydrogen-bond donors (Lipinski definition) is 3. The van der Waals surface area contributed by atoms with E-state index < -0.39 is 6.16 Å². The number of nitrogens with zero attached hydrogens (tertiary/aromatic N) is 1. The van der Waals surface area contributed by atoms with Crippen molar-refractivity contribution in [3.05, 3.63) is 0 Å². The van der Waals surface area contributed by atoms with Crippen LogP contribution in [0.1, 0.15) is 0 Å². The van der Waals surface area contributed by atoms with Gasteiger partial charge in [-0.1, -0.05) is 0 Å². The topological polar surface area (TPSA) is 132 Å². The molecule has 0 aliphatic carbocycles. The molecule has 7 heteroatoms. The Morgan fingerprint density at radius 3 is 2.00 bits per heavy atom. The van der Waals surface area contributed by atoms with Crippen molar-refractivity contribution in [2.45, 2.75) is 0 Å². The van der Waals surface area contributed by atoms with E-state index in [2.05, 4.69) is 0 Å². The van der Waals surface area contributed by atoms with Crippen molar-refractivity contribution < 1.29 is 31.0 Å². The van der Waals surface area contributed by atoms with Crippen LogP contribution in [0.4, 0.5) is 4.79 Å². The minimum Gasteiger partial charge on any atom is -0.565 e. The quantitative estimate of drug-likeness (QED) is 0.304. The third-order valence-electron chi connectivity index (χ3n) is 0.623. The highest BCUT2D eigenvalue weighted by Gasteiger charge is 1.86. The molecule has 0 aromatic heterocycles. The van der Waals surface area contributed by atoms with Crippen molar-refractivity contribution in [1.82, 2.24) is 5.01 Å². The van der Waals surface area contributed by atoms with Gasteiger partial charge in [0.2, 0.25) is 6.16 Å². The second-order valence-corrected chi connectivity index (χ2v) is 1.92. The summed E-state index contributed by atoms with van der Waals surface area (Å²) in [5, 5.41) is 25.5. The molecular weight excluding hydrogens is 168 g/mol. The molecule has 0 aromatic carbocycles. The van der Waals surface area contributed by atoms with E-state index in [0.29, 0.717) is 0 Å². The van der Waals surface area contributed by atoms with Crippen LogP contribution in [-0.2, 0) is 0 Å². The van der Waals surface area contributed by atoms with Gasteiger partial charge in [-0.15, -0.1) is 0 Å². The Morgan fingerprint density at radius 2 is 1.92 bits per heavy atom. The first-order chi connectivity index (χ1) is 5.00. The SMILES string of the molecule is CN(C)[NH2+]CCO.O.O=C([O-])O. The molecule has 0 saturated heterocycles. The van der Waals surface area contributed by atoms with Gasteiger partial charge in [0.1, 0.15) is 6.54 Å². The minimum atomic E-state index is -2.08. The maximum atomic E-state index is 8.44. The molecule has 0 amide bonds. The molecule has 76 valence electrons. The fourth-order valence-electron chi connectivity index (χ4n) is 0.316. The fraction of sp³-hybridized carbons (Fsp3) is 0.800. The molecule has 7 nitrogen and oxygen atoms in total. The van der Waals surface area contributed by atoms with Crippen molar-refractivity contribution in [2.75, 3.05) is 27.2 Å². The Hall–Kier alpha value is -0.890. The molecule has 0 aliphatic rings. The molecular formula is C5H16N2O5. The largest absolute Gasteiger partial charge is 0.565 e. The number of hydrogen-bond acceptors (Lipinski definition) is 4. The number of quaternary nitrogens is 1. The lowest BCUT2D eigenvalue weighted by molar-refractivity contribution is -0.794. The molecule has 0 rings (SSSR count). The van der Waals surface area contributed by atoms with Crippen LogP contribution in [-0.4, -0.2) is 54.1 Å². The van der Waals surface area contributed by atoms with E-state index in [0.717, 1.165) is 6.54 Å². The predicted octanol–water partition coefficient (Wildman–Crippen LogP) is -3.92. The summed E-state index contributed by atoms with van der Waals surface area (Å²) in [4.78, 5) is 8.44. The molecule has 0 atom stereocenters. The van der Waals surface area contributed by atoms with E-state index in [-0.39, 0.29) is 12.1 Å². The number of aliphatic hydroxyl groups excluding tert-OH is 1. The molecule has 0 radical (unpaired) electrons. The summed E-state index contributed by atoms with van der Waals surface area (Å²) in [6.45, 7) is 1.01. The third kappa shape index (κ3) is 61.9. The summed E-state index contributed by atoms with van der Waals surface area (Å²) in [7, 11) is 3.88. The maximum absolute atomic E-state index is 8.44. The van der Waals surface area contributed by atoms with Crippen molar-refractivity contribution in [3.63, 3.8) is 0 Å². The molecule has 0 bridgehead atoms. The van der Waals surface area contributed by atoms with Crippen LogP contribution in [0.2, 0.25) is 0 Å². The Morgan fingerprint density at radius 1 is 1.58 bits per heavy atom. The van der Waals surface area contributed by atoms with E-state index in [1.54, 1.807) is 0 Å². The first kappa shape index (κ1) is 17.3. The second-order valence-electron chi connectivity index (χ2n) is 1.92. The van der Waals surface area contributed by atoms with E-state index in [4.69, 9.17) is 20.1 Å². The number of rotatable bonds is 3. The van der Waals surface area contributed by atoms with Gasteiger partial charge in [0, 0.05) is 14.1 Å². The zero-order chi connectivity index (χ0) is 9.28. The molecule has 0 heterocycles. The summed E-state index contributed by atoms with van der Waals surface area (Å²) in [5.74, 6) is 0. The monoisotopic (exact) mass is 184 g/mol. The lowest BCUT2D eigenvalue weighted by Gasteiger charge is -2.04. The molecule has 0 spiro atoms. The van der Waals surface area contributed by atoms with Gasteiger partial charge in [-0.05, 0) is 0 Å². The van der Waals surface area contributed by atoms with E-state index in [1.165, 1.54) is 0 Å². The fourth-order valence-corrected chi connectivity index (χ4v) is 0.316. The average Bonchev–Trinajstić information content (AvgIpc) is 1.82. The Balaban J connectivity index is -0.000000142. The summed E-state index contributed by atoms with van der Waals surface area (Å²) in [6.07, 6.45) is -2.08. The normalized spacial score (nSPS) is 8.00. The molecule has 6 N–H and O–H groups in total. The maximum Gasteiger partial charge on any atom is 0.249 e. The van der Waals surface area contributed by atoms with Gasteiger partial charge in [0.15, 0.2) is 0 Å². The van der Waals surface area contributed by atoms with Crippen molar-refractivity contribution in [1.29, 1.82) is 0 Å². The summed E-state index contributed by atoms with van der Waals surface area (Å²) in [6, 6.07) is 0.